The molecule has 0 saturated carbocycles. The molecular formula is C13H14N2O2S. The number of nitrogens with one attached hydrogen (secondary N) is 1. The van der Waals surface area contributed by atoms with Crippen LogP contribution >= 0.6 is 11.3 Å². The number of carbonyl (C=O) groups is 1. The molecule has 1 atom stereocenters. The minimum Gasteiger partial charge on any atom is -0.478 e. The number of thiophene rings is 1. The molecule has 1 heterocycles. The zero-order chi connectivity index (χ0) is 13.1. The molecule has 4 N–H and O–H groups in total. The number of benzene rings is 1. The smallest absolute Gasteiger partial charge is 0.337 e. The molecule has 0 fully saturated rings. The normalized spacial score (nSPS) is 12.1. The summed E-state index contributed by atoms with van der Waals surface area (Å²) in [4.78, 5) is 12.1. The quantitative estimate of drug-likeness (QED) is 0.740. The van der Waals surface area contributed by atoms with Crippen LogP contribution in [-0.2, 0) is 0 Å². The number of carboxylic acid groups (broad SMARTS) is 1. The second kappa shape index (κ2) is 5.10. The van der Waals surface area contributed by atoms with Gasteiger partial charge in [-0.1, -0.05) is 6.07 Å². The minimum absolute atomic E-state index is 0.129. The Morgan fingerprint density at radius 2 is 2.22 bits per heavy atom. The fourth-order valence-corrected chi connectivity index (χ4v) is 2.44. The minimum atomic E-state index is -1.01. The second-order valence-electron chi connectivity index (χ2n) is 3.99. The van der Waals surface area contributed by atoms with Crippen molar-refractivity contribution in [1.82, 2.24) is 0 Å². The van der Waals surface area contributed by atoms with Gasteiger partial charge in [0.1, 0.15) is 0 Å². The van der Waals surface area contributed by atoms with Gasteiger partial charge in [0.05, 0.1) is 11.6 Å². The maximum atomic E-state index is 10.8. The van der Waals surface area contributed by atoms with Crippen LogP contribution in [0.3, 0.4) is 0 Å². The first kappa shape index (κ1) is 12.4. The number of hydrogen-bond donors (Lipinski definition) is 3. The molecule has 0 aliphatic carbocycles. The van der Waals surface area contributed by atoms with Gasteiger partial charge in [0.2, 0.25) is 0 Å². The maximum absolute atomic E-state index is 10.8. The van der Waals surface area contributed by atoms with Gasteiger partial charge in [-0.15, -0.1) is 11.3 Å². The van der Waals surface area contributed by atoms with Crippen molar-refractivity contribution in [3.8, 4) is 0 Å². The van der Waals surface area contributed by atoms with Gasteiger partial charge < -0.3 is 16.2 Å². The van der Waals surface area contributed by atoms with Crippen LogP contribution in [0.2, 0.25) is 0 Å². The summed E-state index contributed by atoms with van der Waals surface area (Å²) in [6.07, 6.45) is 0. The van der Waals surface area contributed by atoms with E-state index in [0.717, 1.165) is 5.69 Å². The van der Waals surface area contributed by atoms with E-state index in [1.807, 2.05) is 18.4 Å². The highest BCUT2D eigenvalue weighted by molar-refractivity contribution is 7.10. The van der Waals surface area contributed by atoms with E-state index in [9.17, 15) is 4.79 Å². The van der Waals surface area contributed by atoms with Gasteiger partial charge in [-0.05, 0) is 36.6 Å². The van der Waals surface area contributed by atoms with Crippen molar-refractivity contribution < 1.29 is 9.90 Å². The summed E-state index contributed by atoms with van der Waals surface area (Å²) >= 11 is 1.67. The molecular weight excluding hydrogens is 248 g/mol. The van der Waals surface area contributed by atoms with E-state index in [4.69, 9.17) is 10.8 Å². The van der Waals surface area contributed by atoms with Crippen LogP contribution in [0.1, 0.15) is 28.2 Å². The lowest BCUT2D eigenvalue weighted by atomic mass is 10.1. The van der Waals surface area contributed by atoms with E-state index in [0.29, 0.717) is 0 Å². The van der Waals surface area contributed by atoms with Gasteiger partial charge in [-0.3, -0.25) is 0 Å². The molecule has 0 aliphatic rings. The first-order valence-electron chi connectivity index (χ1n) is 5.50. The molecule has 2 rings (SSSR count). The van der Waals surface area contributed by atoms with Crippen molar-refractivity contribution in [2.45, 2.75) is 13.0 Å². The van der Waals surface area contributed by atoms with Gasteiger partial charge in [0.15, 0.2) is 0 Å². The molecule has 0 spiro atoms. The molecule has 1 aromatic carbocycles. The van der Waals surface area contributed by atoms with Crippen LogP contribution < -0.4 is 11.1 Å². The average Bonchev–Trinajstić information content (AvgIpc) is 2.81. The predicted octanol–water partition coefficient (Wildman–Crippen LogP) is 3.20. The lowest BCUT2D eigenvalue weighted by Gasteiger charge is -2.14. The van der Waals surface area contributed by atoms with E-state index >= 15 is 0 Å². The summed E-state index contributed by atoms with van der Waals surface area (Å²) in [5.41, 5.74) is 6.91. The molecule has 0 radical (unpaired) electrons. The molecule has 0 aliphatic heterocycles. The molecule has 5 heteroatoms. The van der Waals surface area contributed by atoms with E-state index in [2.05, 4.69) is 11.4 Å². The molecule has 94 valence electrons. The third kappa shape index (κ3) is 2.62. The lowest BCUT2D eigenvalue weighted by molar-refractivity contribution is 0.0698. The number of carboxylic acids is 1. The fourth-order valence-electron chi connectivity index (χ4n) is 1.71. The van der Waals surface area contributed by atoms with E-state index in [1.165, 1.54) is 10.9 Å². The Morgan fingerprint density at radius 3 is 2.78 bits per heavy atom. The van der Waals surface area contributed by atoms with E-state index in [1.54, 1.807) is 23.5 Å². The van der Waals surface area contributed by atoms with E-state index in [-0.39, 0.29) is 17.3 Å². The summed E-state index contributed by atoms with van der Waals surface area (Å²) < 4.78 is 0. The molecule has 0 saturated heterocycles. The van der Waals surface area contributed by atoms with Crippen LogP contribution in [0.25, 0.3) is 0 Å². The standard InChI is InChI=1S/C13H14N2O2S/c1-8(12-3-2-6-18-12)15-9-4-5-10(13(16)17)11(14)7-9/h2-8,15H,14H2,1H3,(H,16,17). The first-order valence-corrected chi connectivity index (χ1v) is 6.38. The molecule has 1 aromatic heterocycles. The highest BCUT2D eigenvalue weighted by Gasteiger charge is 2.10. The number of nitrogens with two attached hydrogens (primary N) is 1. The number of anilines is 2. The molecule has 0 bridgehead atoms. The average molecular weight is 262 g/mol. The van der Waals surface area contributed by atoms with Crippen LogP contribution in [-0.4, -0.2) is 11.1 Å². The highest BCUT2D eigenvalue weighted by atomic mass is 32.1. The van der Waals surface area contributed by atoms with Crippen molar-refractivity contribution in [2.24, 2.45) is 0 Å². The summed E-state index contributed by atoms with van der Waals surface area (Å²) in [6.45, 7) is 2.05. The molecule has 1 unspecified atom stereocenters. The van der Waals surface area contributed by atoms with Crippen molar-refractivity contribution >= 4 is 28.7 Å². The van der Waals surface area contributed by atoms with Crippen LogP contribution in [0, 0.1) is 0 Å². The van der Waals surface area contributed by atoms with Crippen molar-refractivity contribution in [2.75, 3.05) is 11.1 Å². The first-order chi connectivity index (χ1) is 8.58. The van der Waals surface area contributed by atoms with Crippen molar-refractivity contribution in [3.63, 3.8) is 0 Å². The zero-order valence-electron chi connectivity index (χ0n) is 9.88. The topological polar surface area (TPSA) is 75.3 Å². The van der Waals surface area contributed by atoms with Gasteiger partial charge in [-0.2, -0.15) is 0 Å². The van der Waals surface area contributed by atoms with Crippen LogP contribution in [0.4, 0.5) is 11.4 Å². The highest BCUT2D eigenvalue weighted by Crippen LogP contribution is 2.25. The number of aromatic carboxylic acids is 1. The summed E-state index contributed by atoms with van der Waals surface area (Å²) in [5.74, 6) is -1.01. The predicted molar refractivity (Wildman–Crippen MR) is 74.2 cm³/mol. The molecule has 2 aromatic rings. The van der Waals surface area contributed by atoms with Crippen molar-refractivity contribution in [3.05, 3.63) is 46.2 Å². The Balaban J connectivity index is 2.15. The van der Waals surface area contributed by atoms with Gasteiger partial charge in [0.25, 0.3) is 0 Å². The van der Waals surface area contributed by atoms with Crippen molar-refractivity contribution in [1.29, 1.82) is 0 Å². The van der Waals surface area contributed by atoms with Gasteiger partial charge >= 0.3 is 5.97 Å². The molecule has 0 amide bonds. The monoisotopic (exact) mass is 262 g/mol. The Hall–Kier alpha value is -2.01. The number of rotatable bonds is 4. The summed E-state index contributed by atoms with van der Waals surface area (Å²) in [6, 6.07) is 9.11. The summed E-state index contributed by atoms with van der Waals surface area (Å²) in [5, 5.41) is 14.2. The molecule has 18 heavy (non-hydrogen) atoms. The third-order valence-electron chi connectivity index (χ3n) is 2.64. The molecule has 4 nitrogen and oxygen atoms in total. The van der Waals surface area contributed by atoms with Gasteiger partial charge in [0, 0.05) is 16.3 Å². The fraction of sp³-hybridized carbons (Fsp3) is 0.154. The Bertz CT molecular complexity index is 552. The van der Waals surface area contributed by atoms with E-state index < -0.39 is 5.97 Å². The van der Waals surface area contributed by atoms with Crippen LogP contribution in [0.15, 0.2) is 35.7 Å². The SMILES string of the molecule is CC(Nc1ccc(C(=O)O)c(N)c1)c1cccs1. The third-order valence-corrected chi connectivity index (χ3v) is 3.69. The Kier molecular flexibility index (Phi) is 3.53. The zero-order valence-corrected chi connectivity index (χ0v) is 10.7. The number of nitrogen functional groups attached to an aromatic ring is 1. The Labute approximate surface area is 109 Å². The summed E-state index contributed by atoms with van der Waals surface area (Å²) in [7, 11) is 0. The lowest BCUT2D eigenvalue weighted by Crippen LogP contribution is -2.07. The van der Waals surface area contributed by atoms with Gasteiger partial charge in [-0.25, -0.2) is 4.79 Å². The second-order valence-corrected chi connectivity index (χ2v) is 4.97. The maximum Gasteiger partial charge on any atom is 0.337 e. The number of hydrogen-bond acceptors (Lipinski definition) is 4. The van der Waals surface area contributed by atoms with Crippen LogP contribution in [0.5, 0.6) is 0 Å². The Morgan fingerprint density at radius 1 is 1.44 bits per heavy atom. The largest absolute Gasteiger partial charge is 0.478 e.